The summed E-state index contributed by atoms with van der Waals surface area (Å²) in [5.74, 6) is 0. The highest BCUT2D eigenvalue weighted by Gasteiger charge is 2.14. The second-order valence-electron chi connectivity index (χ2n) is 4.22. The van der Waals surface area contributed by atoms with Crippen molar-refractivity contribution in [2.75, 3.05) is 14.2 Å². The highest BCUT2D eigenvalue weighted by atomic mass is 32.1. The van der Waals surface area contributed by atoms with Crippen LogP contribution in [-0.4, -0.2) is 24.1 Å². The standard InChI is InChI=1S/C14H19N3OS/c1-4-10-6-5-7-16-13(10)14-17-11(9-18-3)12(19-14)8-15-2/h5-7,15H,4,8-9H2,1-3H3. The maximum atomic E-state index is 5.22. The second kappa shape index (κ2) is 6.75. The Labute approximate surface area is 117 Å². The van der Waals surface area contributed by atoms with Gasteiger partial charge >= 0.3 is 0 Å². The van der Waals surface area contributed by atoms with Crippen molar-refractivity contribution in [2.45, 2.75) is 26.5 Å². The van der Waals surface area contributed by atoms with Crippen molar-refractivity contribution in [2.24, 2.45) is 0 Å². The van der Waals surface area contributed by atoms with Crippen LogP contribution in [0.4, 0.5) is 0 Å². The molecule has 0 radical (unpaired) electrons. The Morgan fingerprint density at radius 1 is 1.42 bits per heavy atom. The molecule has 19 heavy (non-hydrogen) atoms. The average Bonchev–Trinajstić information content (AvgIpc) is 2.83. The number of hydrogen-bond donors (Lipinski definition) is 1. The molecule has 0 aliphatic rings. The lowest BCUT2D eigenvalue weighted by atomic mass is 10.1. The van der Waals surface area contributed by atoms with Crippen LogP contribution in [0, 0.1) is 0 Å². The summed E-state index contributed by atoms with van der Waals surface area (Å²) in [7, 11) is 3.63. The molecule has 0 unspecified atom stereocenters. The molecule has 2 heterocycles. The first-order chi connectivity index (χ1) is 9.30. The molecule has 0 atom stereocenters. The molecule has 2 aromatic heterocycles. The van der Waals surface area contributed by atoms with Crippen LogP contribution in [0.1, 0.15) is 23.1 Å². The molecule has 2 rings (SSSR count). The number of thiazole rings is 1. The number of pyridine rings is 1. The molecule has 0 saturated carbocycles. The molecule has 4 nitrogen and oxygen atoms in total. The minimum absolute atomic E-state index is 0.543. The summed E-state index contributed by atoms with van der Waals surface area (Å²) in [5.41, 5.74) is 3.23. The van der Waals surface area contributed by atoms with Gasteiger partial charge in [0.05, 0.1) is 12.3 Å². The van der Waals surface area contributed by atoms with Gasteiger partial charge in [0.15, 0.2) is 0 Å². The van der Waals surface area contributed by atoms with Gasteiger partial charge in [-0.05, 0) is 25.1 Å². The third kappa shape index (κ3) is 3.18. The van der Waals surface area contributed by atoms with Gasteiger partial charge in [-0.25, -0.2) is 4.98 Å². The van der Waals surface area contributed by atoms with Crippen LogP contribution in [0.5, 0.6) is 0 Å². The van der Waals surface area contributed by atoms with Crippen LogP contribution in [-0.2, 0) is 24.3 Å². The van der Waals surface area contributed by atoms with E-state index in [-0.39, 0.29) is 0 Å². The zero-order valence-electron chi connectivity index (χ0n) is 11.6. The Balaban J connectivity index is 2.41. The predicted molar refractivity (Wildman–Crippen MR) is 78.2 cm³/mol. The first-order valence-corrected chi connectivity index (χ1v) is 7.18. The van der Waals surface area contributed by atoms with Gasteiger partial charge in [0.2, 0.25) is 0 Å². The molecule has 0 amide bonds. The molecule has 0 aliphatic heterocycles. The van der Waals surface area contributed by atoms with Crippen molar-refractivity contribution in [3.8, 4) is 10.7 Å². The van der Waals surface area contributed by atoms with E-state index in [4.69, 9.17) is 4.74 Å². The Morgan fingerprint density at radius 2 is 2.26 bits per heavy atom. The average molecular weight is 277 g/mol. The monoisotopic (exact) mass is 277 g/mol. The number of hydrogen-bond acceptors (Lipinski definition) is 5. The van der Waals surface area contributed by atoms with Crippen molar-refractivity contribution in [3.63, 3.8) is 0 Å². The molecular weight excluding hydrogens is 258 g/mol. The largest absolute Gasteiger partial charge is 0.378 e. The van der Waals surface area contributed by atoms with Crippen LogP contribution in [0.2, 0.25) is 0 Å². The van der Waals surface area contributed by atoms with Gasteiger partial charge < -0.3 is 10.1 Å². The van der Waals surface area contributed by atoms with Crippen LogP contribution < -0.4 is 5.32 Å². The molecule has 1 N–H and O–H groups in total. The minimum atomic E-state index is 0.543. The lowest BCUT2D eigenvalue weighted by Crippen LogP contribution is -2.06. The molecular formula is C14H19N3OS. The number of methoxy groups -OCH3 is 1. The van der Waals surface area contributed by atoms with Crippen LogP contribution in [0.25, 0.3) is 10.7 Å². The number of nitrogens with one attached hydrogen (secondary N) is 1. The number of nitrogens with zero attached hydrogens (tertiary/aromatic N) is 2. The first kappa shape index (κ1) is 14.1. The van der Waals surface area contributed by atoms with Crippen molar-refractivity contribution in [1.29, 1.82) is 0 Å². The fourth-order valence-corrected chi connectivity index (χ4v) is 3.06. The second-order valence-corrected chi connectivity index (χ2v) is 5.30. The Morgan fingerprint density at radius 3 is 2.95 bits per heavy atom. The number of ether oxygens (including phenoxy) is 1. The molecule has 0 fully saturated rings. The van der Waals surface area contributed by atoms with Gasteiger partial charge in [-0.2, -0.15) is 0 Å². The summed E-state index contributed by atoms with van der Waals surface area (Å²) in [6, 6.07) is 4.08. The zero-order valence-corrected chi connectivity index (χ0v) is 12.4. The summed E-state index contributed by atoms with van der Waals surface area (Å²) in [6.45, 7) is 3.49. The molecule has 0 aliphatic carbocycles. The maximum Gasteiger partial charge on any atom is 0.142 e. The van der Waals surface area contributed by atoms with E-state index in [2.05, 4.69) is 28.3 Å². The van der Waals surface area contributed by atoms with Crippen LogP contribution >= 0.6 is 11.3 Å². The smallest absolute Gasteiger partial charge is 0.142 e. The molecule has 5 heteroatoms. The van der Waals surface area contributed by atoms with E-state index in [1.165, 1.54) is 10.4 Å². The SMILES string of the molecule is CCc1cccnc1-c1nc(COC)c(CNC)s1. The summed E-state index contributed by atoms with van der Waals surface area (Å²) < 4.78 is 5.22. The summed E-state index contributed by atoms with van der Waals surface area (Å²) in [5, 5.41) is 4.15. The van der Waals surface area contributed by atoms with Crippen molar-refractivity contribution in [3.05, 3.63) is 34.5 Å². The fourth-order valence-electron chi connectivity index (χ4n) is 1.95. The zero-order chi connectivity index (χ0) is 13.7. The van der Waals surface area contributed by atoms with E-state index in [0.717, 1.165) is 29.4 Å². The third-order valence-electron chi connectivity index (χ3n) is 2.87. The topological polar surface area (TPSA) is 47.0 Å². The molecule has 0 aromatic carbocycles. The van der Waals surface area contributed by atoms with E-state index >= 15 is 0 Å². The Kier molecular flexibility index (Phi) is 5.01. The van der Waals surface area contributed by atoms with Crippen LogP contribution in [0.3, 0.4) is 0 Å². The van der Waals surface area contributed by atoms with E-state index in [0.29, 0.717) is 6.61 Å². The molecule has 102 valence electrons. The quantitative estimate of drug-likeness (QED) is 0.881. The number of aryl methyl sites for hydroxylation is 1. The normalized spacial score (nSPS) is 10.9. The van der Waals surface area contributed by atoms with Gasteiger partial charge in [-0.3, -0.25) is 4.98 Å². The molecule has 0 spiro atoms. The minimum Gasteiger partial charge on any atom is -0.378 e. The number of aromatic nitrogens is 2. The van der Waals surface area contributed by atoms with Gasteiger partial charge in [0, 0.05) is 24.7 Å². The van der Waals surface area contributed by atoms with Crippen molar-refractivity contribution >= 4 is 11.3 Å². The van der Waals surface area contributed by atoms with Crippen molar-refractivity contribution in [1.82, 2.24) is 15.3 Å². The Hall–Kier alpha value is -1.30. The summed E-state index contributed by atoms with van der Waals surface area (Å²) in [6.07, 6.45) is 2.79. The maximum absolute atomic E-state index is 5.22. The lowest BCUT2D eigenvalue weighted by Gasteiger charge is -2.02. The highest BCUT2D eigenvalue weighted by molar-refractivity contribution is 7.15. The Bertz CT molecular complexity index is 516. The van der Waals surface area contributed by atoms with E-state index in [1.54, 1.807) is 18.4 Å². The molecule has 0 bridgehead atoms. The predicted octanol–water partition coefficient (Wildman–Crippen LogP) is 2.63. The molecule has 2 aromatic rings. The van der Waals surface area contributed by atoms with Crippen LogP contribution in [0.15, 0.2) is 18.3 Å². The van der Waals surface area contributed by atoms with Gasteiger partial charge in [0.25, 0.3) is 0 Å². The molecule has 0 saturated heterocycles. The van der Waals surface area contributed by atoms with Gasteiger partial charge in [-0.15, -0.1) is 11.3 Å². The summed E-state index contributed by atoms with van der Waals surface area (Å²) >= 11 is 1.69. The van der Waals surface area contributed by atoms with E-state index in [9.17, 15) is 0 Å². The van der Waals surface area contributed by atoms with E-state index < -0.39 is 0 Å². The first-order valence-electron chi connectivity index (χ1n) is 6.36. The number of rotatable bonds is 6. The van der Waals surface area contributed by atoms with E-state index in [1.807, 2.05) is 19.3 Å². The van der Waals surface area contributed by atoms with Gasteiger partial charge in [0.1, 0.15) is 10.7 Å². The third-order valence-corrected chi connectivity index (χ3v) is 3.98. The van der Waals surface area contributed by atoms with Crippen molar-refractivity contribution < 1.29 is 4.74 Å². The summed E-state index contributed by atoms with van der Waals surface area (Å²) in [4.78, 5) is 10.4. The lowest BCUT2D eigenvalue weighted by molar-refractivity contribution is 0.181. The highest BCUT2D eigenvalue weighted by Crippen LogP contribution is 2.29. The fraction of sp³-hybridized carbons (Fsp3) is 0.429. The van der Waals surface area contributed by atoms with Gasteiger partial charge in [-0.1, -0.05) is 13.0 Å².